The van der Waals surface area contributed by atoms with E-state index in [0.717, 1.165) is 0 Å². The fourth-order valence-corrected chi connectivity index (χ4v) is 4.81. The predicted octanol–water partition coefficient (Wildman–Crippen LogP) is 1.37. The zero-order valence-electron chi connectivity index (χ0n) is 16.0. The van der Waals surface area contributed by atoms with Crippen LogP contribution in [-0.4, -0.2) is 69.5 Å². The Balaban J connectivity index is 1.38. The van der Waals surface area contributed by atoms with E-state index in [1.807, 2.05) is 12.1 Å². The topological polar surface area (TPSA) is 85.4 Å². The van der Waals surface area contributed by atoms with E-state index >= 15 is 0 Å². The van der Waals surface area contributed by atoms with Gasteiger partial charge >= 0.3 is 0 Å². The van der Waals surface area contributed by atoms with Crippen molar-refractivity contribution in [3.05, 3.63) is 48.5 Å². The zero-order valence-corrected chi connectivity index (χ0v) is 16.8. The smallest absolute Gasteiger partial charge is 0.267 e. The number of hydrogen-bond donors (Lipinski definition) is 0. The number of amides is 1. The van der Waals surface area contributed by atoms with Gasteiger partial charge in [-0.25, -0.2) is 8.42 Å². The third kappa shape index (κ3) is 3.88. The molecule has 9 heteroatoms. The van der Waals surface area contributed by atoms with Crippen molar-refractivity contribution in [3.8, 4) is 17.2 Å². The highest BCUT2D eigenvalue weighted by Gasteiger charge is 2.35. The Kier molecular flexibility index (Phi) is 5.33. The summed E-state index contributed by atoms with van der Waals surface area (Å²) in [6.07, 6.45) is -0.727. The number of piperazine rings is 1. The highest BCUT2D eigenvalue weighted by Crippen LogP contribution is 2.31. The molecule has 154 valence electrons. The average Bonchev–Trinajstić information content (AvgIpc) is 2.78. The monoisotopic (exact) mass is 418 g/mol. The lowest BCUT2D eigenvalue weighted by Crippen LogP contribution is -2.55. The van der Waals surface area contributed by atoms with Crippen LogP contribution in [0.1, 0.15) is 0 Å². The molecule has 0 radical (unpaired) electrons. The Labute approximate surface area is 169 Å². The molecule has 0 N–H and O–H groups in total. The van der Waals surface area contributed by atoms with Crippen molar-refractivity contribution in [2.24, 2.45) is 0 Å². The molecule has 2 aromatic rings. The number of hydrogen-bond acceptors (Lipinski definition) is 6. The number of carbonyl (C=O) groups excluding carboxylic acids is 1. The van der Waals surface area contributed by atoms with Crippen LogP contribution in [0.25, 0.3) is 0 Å². The highest BCUT2D eigenvalue weighted by atomic mass is 32.2. The number of nitrogens with zero attached hydrogens (tertiary/aromatic N) is 2. The van der Waals surface area contributed by atoms with Crippen molar-refractivity contribution >= 4 is 15.9 Å². The van der Waals surface area contributed by atoms with E-state index in [1.165, 1.54) is 23.5 Å². The lowest BCUT2D eigenvalue weighted by Gasteiger charge is -2.36. The van der Waals surface area contributed by atoms with Gasteiger partial charge in [-0.15, -0.1) is 0 Å². The molecule has 0 saturated carbocycles. The molecule has 2 aromatic carbocycles. The summed E-state index contributed by atoms with van der Waals surface area (Å²) in [7, 11) is -2.09. The van der Waals surface area contributed by atoms with Crippen LogP contribution in [0.5, 0.6) is 17.2 Å². The summed E-state index contributed by atoms with van der Waals surface area (Å²) < 4.78 is 43.5. The Morgan fingerprint density at radius 1 is 1.00 bits per heavy atom. The van der Waals surface area contributed by atoms with Crippen molar-refractivity contribution in [1.82, 2.24) is 9.21 Å². The van der Waals surface area contributed by atoms with Gasteiger partial charge in [-0.05, 0) is 36.4 Å². The molecule has 0 aromatic heterocycles. The molecule has 1 amide bonds. The van der Waals surface area contributed by atoms with Crippen LogP contribution in [0.3, 0.4) is 0 Å². The third-order valence-electron chi connectivity index (χ3n) is 5.03. The Morgan fingerprint density at radius 3 is 2.31 bits per heavy atom. The van der Waals surface area contributed by atoms with Gasteiger partial charge in [0.15, 0.2) is 11.5 Å². The van der Waals surface area contributed by atoms with Gasteiger partial charge in [-0.1, -0.05) is 12.1 Å². The lowest BCUT2D eigenvalue weighted by molar-refractivity contribution is -0.142. The number of rotatable bonds is 4. The van der Waals surface area contributed by atoms with Crippen molar-refractivity contribution < 1.29 is 27.4 Å². The second-order valence-corrected chi connectivity index (χ2v) is 8.71. The maximum Gasteiger partial charge on any atom is 0.267 e. The van der Waals surface area contributed by atoms with Crippen LogP contribution in [0, 0.1) is 0 Å². The molecule has 1 fully saturated rings. The van der Waals surface area contributed by atoms with Crippen LogP contribution in [0.2, 0.25) is 0 Å². The van der Waals surface area contributed by atoms with Gasteiger partial charge in [0.05, 0.1) is 12.0 Å². The summed E-state index contributed by atoms with van der Waals surface area (Å²) in [5.41, 5.74) is 0. The molecule has 2 aliphatic heterocycles. The molecule has 8 nitrogen and oxygen atoms in total. The van der Waals surface area contributed by atoms with Crippen molar-refractivity contribution in [2.75, 3.05) is 39.9 Å². The van der Waals surface area contributed by atoms with Crippen LogP contribution < -0.4 is 14.2 Å². The van der Waals surface area contributed by atoms with Gasteiger partial charge in [0.1, 0.15) is 12.4 Å². The first-order valence-corrected chi connectivity index (χ1v) is 10.7. The minimum absolute atomic E-state index is 0.139. The minimum atomic E-state index is -3.62. The second kappa shape index (κ2) is 7.92. The number of methoxy groups -OCH3 is 1. The van der Waals surface area contributed by atoms with E-state index in [4.69, 9.17) is 14.2 Å². The first-order chi connectivity index (χ1) is 14.0. The summed E-state index contributed by atoms with van der Waals surface area (Å²) in [4.78, 5) is 14.6. The minimum Gasteiger partial charge on any atom is -0.497 e. The van der Waals surface area contributed by atoms with Crippen molar-refractivity contribution in [1.29, 1.82) is 0 Å². The van der Waals surface area contributed by atoms with Gasteiger partial charge < -0.3 is 19.1 Å². The van der Waals surface area contributed by atoms with Gasteiger partial charge in [-0.3, -0.25) is 4.79 Å². The number of para-hydroxylation sites is 2. The summed E-state index contributed by atoms with van der Waals surface area (Å²) in [5, 5.41) is 0. The molecule has 1 atom stereocenters. The van der Waals surface area contributed by atoms with Gasteiger partial charge in [0.25, 0.3) is 5.91 Å². The third-order valence-corrected chi connectivity index (χ3v) is 6.94. The standard InChI is InChI=1S/C20H22N2O6S/c1-26-15-6-8-16(9-7-15)29(24,25)22-12-10-21(11-13-22)20(23)19-14-27-17-4-2-3-5-18(17)28-19/h2-9,19H,10-14H2,1H3/t19-/m1/s1. The van der Waals surface area contributed by atoms with Gasteiger partial charge in [-0.2, -0.15) is 4.31 Å². The highest BCUT2D eigenvalue weighted by molar-refractivity contribution is 7.89. The molecule has 0 unspecified atom stereocenters. The quantitative estimate of drug-likeness (QED) is 0.746. The number of ether oxygens (including phenoxy) is 3. The van der Waals surface area contributed by atoms with E-state index in [-0.39, 0.29) is 30.5 Å². The molecule has 29 heavy (non-hydrogen) atoms. The summed E-state index contributed by atoms with van der Waals surface area (Å²) in [6.45, 7) is 1.19. The fourth-order valence-electron chi connectivity index (χ4n) is 3.39. The predicted molar refractivity (Wildman–Crippen MR) is 105 cm³/mol. The first-order valence-electron chi connectivity index (χ1n) is 9.30. The molecule has 2 heterocycles. The molecule has 0 bridgehead atoms. The van der Waals surface area contributed by atoms with E-state index in [0.29, 0.717) is 30.3 Å². The largest absolute Gasteiger partial charge is 0.497 e. The normalized spacial score (nSPS) is 19.6. The van der Waals surface area contributed by atoms with Crippen LogP contribution in [-0.2, 0) is 14.8 Å². The van der Waals surface area contributed by atoms with E-state index < -0.39 is 16.1 Å². The molecule has 0 aliphatic carbocycles. The molecule has 0 spiro atoms. The fraction of sp³-hybridized carbons (Fsp3) is 0.350. The number of sulfonamides is 1. The maximum absolute atomic E-state index is 12.8. The Bertz CT molecular complexity index is 984. The van der Waals surface area contributed by atoms with E-state index in [2.05, 4.69) is 0 Å². The number of carbonyl (C=O) groups is 1. The van der Waals surface area contributed by atoms with Gasteiger partial charge in [0.2, 0.25) is 16.1 Å². The SMILES string of the molecule is COc1ccc(S(=O)(=O)N2CCN(C(=O)[C@H]3COc4ccccc4O3)CC2)cc1. The molecular weight excluding hydrogens is 396 g/mol. The average molecular weight is 418 g/mol. The Hall–Kier alpha value is -2.78. The molecule has 4 rings (SSSR count). The van der Waals surface area contributed by atoms with E-state index in [9.17, 15) is 13.2 Å². The summed E-state index contributed by atoms with van der Waals surface area (Å²) in [5.74, 6) is 1.56. The van der Waals surface area contributed by atoms with Crippen molar-refractivity contribution in [3.63, 3.8) is 0 Å². The van der Waals surface area contributed by atoms with Crippen LogP contribution >= 0.6 is 0 Å². The van der Waals surface area contributed by atoms with Crippen molar-refractivity contribution in [2.45, 2.75) is 11.0 Å². The zero-order chi connectivity index (χ0) is 20.4. The molecule has 1 saturated heterocycles. The van der Waals surface area contributed by atoms with E-state index in [1.54, 1.807) is 29.2 Å². The Morgan fingerprint density at radius 2 is 1.66 bits per heavy atom. The number of fused-ring (bicyclic) bond motifs is 1. The number of benzene rings is 2. The summed E-state index contributed by atoms with van der Waals surface area (Å²) >= 11 is 0. The van der Waals surface area contributed by atoms with Crippen LogP contribution in [0.15, 0.2) is 53.4 Å². The second-order valence-electron chi connectivity index (χ2n) is 6.77. The maximum atomic E-state index is 12.8. The van der Waals surface area contributed by atoms with Gasteiger partial charge in [0, 0.05) is 26.2 Å². The van der Waals surface area contributed by atoms with Crippen LogP contribution in [0.4, 0.5) is 0 Å². The summed E-state index contributed by atoms with van der Waals surface area (Å²) in [6, 6.07) is 13.5. The molecule has 2 aliphatic rings. The lowest BCUT2D eigenvalue weighted by atomic mass is 10.2. The molecular formula is C20H22N2O6S. The first kappa shape index (κ1) is 19.5.